The standard InChI is InChI=1S/C14H29NO2/c1-3-5-6-7-8-9-11-13(12-15)17-14(16)10-4-2/h13H,3-12,15H2,1-2H3. The molecule has 0 heterocycles. The Hall–Kier alpha value is -0.570. The van der Waals surface area contributed by atoms with Crippen molar-refractivity contribution in [1.82, 2.24) is 0 Å². The van der Waals surface area contributed by atoms with Gasteiger partial charge in [0.05, 0.1) is 0 Å². The number of esters is 1. The highest BCUT2D eigenvalue weighted by molar-refractivity contribution is 5.69. The van der Waals surface area contributed by atoms with Crippen LogP contribution in [0, 0.1) is 0 Å². The lowest BCUT2D eigenvalue weighted by atomic mass is 10.1. The van der Waals surface area contributed by atoms with E-state index in [1.54, 1.807) is 0 Å². The van der Waals surface area contributed by atoms with Gasteiger partial charge in [-0.15, -0.1) is 0 Å². The maximum absolute atomic E-state index is 11.3. The van der Waals surface area contributed by atoms with Crippen molar-refractivity contribution in [2.24, 2.45) is 5.73 Å². The fraction of sp³-hybridized carbons (Fsp3) is 0.929. The minimum Gasteiger partial charge on any atom is -0.461 e. The SMILES string of the molecule is CCCCCCCCC(CN)OC(=O)CCC. The highest BCUT2D eigenvalue weighted by atomic mass is 16.5. The summed E-state index contributed by atoms with van der Waals surface area (Å²) in [5.41, 5.74) is 5.60. The maximum Gasteiger partial charge on any atom is 0.306 e. The molecule has 0 rings (SSSR count). The van der Waals surface area contributed by atoms with Crippen LogP contribution in [-0.4, -0.2) is 18.6 Å². The number of carbonyl (C=O) groups excluding carboxylic acids is 1. The van der Waals surface area contributed by atoms with Crippen LogP contribution in [0.4, 0.5) is 0 Å². The zero-order valence-corrected chi connectivity index (χ0v) is 11.5. The van der Waals surface area contributed by atoms with Crippen molar-refractivity contribution in [3.05, 3.63) is 0 Å². The van der Waals surface area contributed by atoms with Gasteiger partial charge in [0.2, 0.25) is 0 Å². The van der Waals surface area contributed by atoms with Gasteiger partial charge < -0.3 is 10.5 Å². The van der Waals surface area contributed by atoms with E-state index in [0.29, 0.717) is 13.0 Å². The van der Waals surface area contributed by atoms with Gasteiger partial charge in [0.15, 0.2) is 0 Å². The first-order valence-corrected chi connectivity index (χ1v) is 7.14. The summed E-state index contributed by atoms with van der Waals surface area (Å²) in [6, 6.07) is 0. The summed E-state index contributed by atoms with van der Waals surface area (Å²) in [6.07, 6.45) is 9.74. The van der Waals surface area contributed by atoms with Crippen LogP contribution in [0.3, 0.4) is 0 Å². The van der Waals surface area contributed by atoms with E-state index in [2.05, 4.69) is 6.92 Å². The first kappa shape index (κ1) is 16.4. The topological polar surface area (TPSA) is 52.3 Å². The summed E-state index contributed by atoms with van der Waals surface area (Å²) in [5.74, 6) is -0.103. The predicted molar refractivity (Wildman–Crippen MR) is 71.8 cm³/mol. The quantitative estimate of drug-likeness (QED) is 0.447. The Morgan fingerprint density at radius 3 is 2.29 bits per heavy atom. The van der Waals surface area contributed by atoms with Gasteiger partial charge in [-0.25, -0.2) is 0 Å². The predicted octanol–water partition coefficient (Wildman–Crippen LogP) is 3.41. The smallest absolute Gasteiger partial charge is 0.306 e. The molecule has 0 aliphatic rings. The number of unbranched alkanes of at least 4 members (excludes halogenated alkanes) is 5. The molecule has 0 aromatic rings. The van der Waals surface area contributed by atoms with Crippen molar-refractivity contribution in [1.29, 1.82) is 0 Å². The van der Waals surface area contributed by atoms with Crippen molar-refractivity contribution in [3.8, 4) is 0 Å². The van der Waals surface area contributed by atoms with Crippen molar-refractivity contribution in [2.75, 3.05) is 6.54 Å². The van der Waals surface area contributed by atoms with Crippen LogP contribution in [0.25, 0.3) is 0 Å². The lowest BCUT2D eigenvalue weighted by Gasteiger charge is -2.15. The number of ether oxygens (including phenoxy) is 1. The van der Waals surface area contributed by atoms with Gasteiger partial charge in [0.1, 0.15) is 6.10 Å². The van der Waals surface area contributed by atoms with Gasteiger partial charge in [-0.1, -0.05) is 46.0 Å². The average molecular weight is 243 g/mol. The molecule has 0 aromatic carbocycles. The van der Waals surface area contributed by atoms with Crippen molar-refractivity contribution >= 4 is 5.97 Å². The molecule has 0 fully saturated rings. The van der Waals surface area contributed by atoms with Crippen LogP contribution in [0.1, 0.15) is 71.6 Å². The number of rotatable bonds is 11. The molecule has 1 unspecified atom stereocenters. The second-order valence-corrected chi connectivity index (χ2v) is 4.65. The molecule has 0 amide bonds. The first-order chi connectivity index (χ1) is 8.24. The zero-order valence-electron chi connectivity index (χ0n) is 11.5. The third kappa shape index (κ3) is 10.3. The van der Waals surface area contributed by atoms with Crippen molar-refractivity contribution in [2.45, 2.75) is 77.7 Å². The van der Waals surface area contributed by atoms with E-state index in [1.165, 1.54) is 32.1 Å². The molecular formula is C14H29NO2. The van der Waals surface area contributed by atoms with E-state index < -0.39 is 0 Å². The van der Waals surface area contributed by atoms with Crippen LogP contribution in [-0.2, 0) is 9.53 Å². The lowest BCUT2D eigenvalue weighted by molar-refractivity contribution is -0.149. The van der Waals surface area contributed by atoms with Gasteiger partial charge in [-0.3, -0.25) is 4.79 Å². The van der Waals surface area contributed by atoms with Gasteiger partial charge in [-0.2, -0.15) is 0 Å². The third-order valence-corrected chi connectivity index (χ3v) is 2.89. The highest BCUT2D eigenvalue weighted by Crippen LogP contribution is 2.10. The lowest BCUT2D eigenvalue weighted by Crippen LogP contribution is -2.26. The molecule has 0 spiro atoms. The summed E-state index contributed by atoms with van der Waals surface area (Å²) in [4.78, 5) is 11.3. The van der Waals surface area contributed by atoms with Crippen molar-refractivity contribution < 1.29 is 9.53 Å². The van der Waals surface area contributed by atoms with Crippen LogP contribution in [0.2, 0.25) is 0 Å². The Morgan fingerprint density at radius 2 is 1.71 bits per heavy atom. The van der Waals surface area contributed by atoms with E-state index in [1.807, 2.05) is 6.92 Å². The molecule has 3 nitrogen and oxygen atoms in total. The number of carbonyl (C=O) groups is 1. The Kier molecular flexibility index (Phi) is 11.5. The maximum atomic E-state index is 11.3. The van der Waals surface area contributed by atoms with E-state index in [4.69, 9.17) is 10.5 Å². The molecule has 0 aliphatic carbocycles. The molecule has 0 saturated heterocycles. The minimum absolute atomic E-state index is 0.0692. The Morgan fingerprint density at radius 1 is 1.06 bits per heavy atom. The van der Waals surface area contributed by atoms with Crippen molar-refractivity contribution in [3.63, 3.8) is 0 Å². The Balaban J connectivity index is 3.50. The van der Waals surface area contributed by atoms with E-state index in [0.717, 1.165) is 19.3 Å². The molecule has 0 radical (unpaired) electrons. The third-order valence-electron chi connectivity index (χ3n) is 2.89. The van der Waals surface area contributed by atoms with Gasteiger partial charge >= 0.3 is 5.97 Å². The van der Waals surface area contributed by atoms with Crippen LogP contribution in [0.5, 0.6) is 0 Å². The molecule has 2 N–H and O–H groups in total. The molecule has 17 heavy (non-hydrogen) atoms. The number of hydrogen-bond acceptors (Lipinski definition) is 3. The molecule has 0 aliphatic heterocycles. The fourth-order valence-corrected chi connectivity index (χ4v) is 1.83. The van der Waals surface area contributed by atoms with Gasteiger partial charge in [0, 0.05) is 13.0 Å². The Bertz CT molecular complexity index is 183. The van der Waals surface area contributed by atoms with Gasteiger partial charge in [-0.05, 0) is 19.3 Å². The summed E-state index contributed by atoms with van der Waals surface area (Å²) in [6.45, 7) is 4.65. The van der Waals surface area contributed by atoms with E-state index >= 15 is 0 Å². The summed E-state index contributed by atoms with van der Waals surface area (Å²) in [7, 11) is 0. The molecule has 0 aromatic heterocycles. The van der Waals surface area contributed by atoms with Crippen LogP contribution >= 0.6 is 0 Å². The summed E-state index contributed by atoms with van der Waals surface area (Å²) < 4.78 is 5.30. The summed E-state index contributed by atoms with van der Waals surface area (Å²) in [5, 5.41) is 0. The normalized spacial score (nSPS) is 12.4. The molecule has 0 bridgehead atoms. The van der Waals surface area contributed by atoms with Crippen LogP contribution < -0.4 is 5.73 Å². The fourth-order valence-electron chi connectivity index (χ4n) is 1.83. The average Bonchev–Trinajstić information content (AvgIpc) is 2.32. The van der Waals surface area contributed by atoms with Gasteiger partial charge in [0.25, 0.3) is 0 Å². The summed E-state index contributed by atoms with van der Waals surface area (Å²) >= 11 is 0. The second kappa shape index (κ2) is 11.9. The molecule has 3 heteroatoms. The first-order valence-electron chi connectivity index (χ1n) is 7.14. The van der Waals surface area contributed by atoms with Crippen LogP contribution in [0.15, 0.2) is 0 Å². The van der Waals surface area contributed by atoms with E-state index in [9.17, 15) is 4.79 Å². The number of hydrogen-bond donors (Lipinski definition) is 1. The molecule has 1 atom stereocenters. The van der Waals surface area contributed by atoms with E-state index in [-0.39, 0.29) is 12.1 Å². The Labute approximate surface area is 106 Å². The zero-order chi connectivity index (χ0) is 12.9. The minimum atomic E-state index is -0.103. The molecule has 102 valence electrons. The molecular weight excluding hydrogens is 214 g/mol. The molecule has 0 saturated carbocycles. The number of nitrogens with two attached hydrogens (primary N) is 1. The second-order valence-electron chi connectivity index (χ2n) is 4.65. The highest BCUT2D eigenvalue weighted by Gasteiger charge is 2.11. The monoisotopic (exact) mass is 243 g/mol. The largest absolute Gasteiger partial charge is 0.461 e.